The number of hydrogen-bond acceptors (Lipinski definition) is 4. The zero-order valence-electron chi connectivity index (χ0n) is 11.0. The number of nitro benzene ring substituents is 1. The summed E-state index contributed by atoms with van der Waals surface area (Å²) in [7, 11) is 0. The van der Waals surface area contributed by atoms with Gasteiger partial charge in [0, 0.05) is 12.5 Å². The minimum atomic E-state index is -0.570. The lowest BCUT2D eigenvalue weighted by atomic mass is 10.1. The summed E-state index contributed by atoms with van der Waals surface area (Å²) in [5.74, 6) is -0.572. The molecule has 0 fully saturated rings. The maximum Gasteiger partial charge on any atom is 0.310 e. The highest BCUT2D eigenvalue weighted by atomic mass is 19.1. The number of para-hydroxylation sites is 2. The summed E-state index contributed by atoms with van der Waals surface area (Å²) in [6.45, 7) is -0.276. The number of nitro groups is 1. The molecule has 0 bridgehead atoms. The van der Waals surface area contributed by atoms with Crippen molar-refractivity contribution in [3.63, 3.8) is 0 Å². The van der Waals surface area contributed by atoms with Crippen molar-refractivity contribution in [2.45, 2.75) is 6.42 Å². The SMILES string of the molecule is O=C(COc1ccccc1[N+](=O)[O-])Cc1ccc(F)cc1. The number of benzene rings is 2. The van der Waals surface area contributed by atoms with Crippen LogP contribution in [0, 0.1) is 15.9 Å². The first-order valence-electron chi connectivity index (χ1n) is 6.18. The molecule has 0 spiro atoms. The molecule has 0 aromatic heterocycles. The quantitative estimate of drug-likeness (QED) is 0.605. The number of carbonyl (C=O) groups is 1. The first kappa shape index (κ1) is 14.6. The average Bonchev–Trinajstić information content (AvgIpc) is 2.48. The summed E-state index contributed by atoms with van der Waals surface area (Å²) in [6, 6.07) is 11.4. The second kappa shape index (κ2) is 6.60. The molecule has 6 heteroatoms. The van der Waals surface area contributed by atoms with E-state index in [9.17, 15) is 19.3 Å². The fourth-order valence-corrected chi connectivity index (χ4v) is 1.77. The Morgan fingerprint density at radius 2 is 1.81 bits per heavy atom. The van der Waals surface area contributed by atoms with Gasteiger partial charge in [-0.1, -0.05) is 24.3 Å². The third-order valence-electron chi connectivity index (χ3n) is 2.77. The minimum Gasteiger partial charge on any atom is -0.479 e. The second-order valence-electron chi connectivity index (χ2n) is 4.36. The molecule has 0 aliphatic heterocycles. The Balaban J connectivity index is 1.95. The standard InChI is InChI=1S/C15H12FNO4/c16-12-7-5-11(6-8-12)9-13(18)10-21-15-4-2-1-3-14(15)17(19)20/h1-8H,9-10H2. The summed E-state index contributed by atoms with van der Waals surface area (Å²) in [4.78, 5) is 22.0. The van der Waals surface area contributed by atoms with Crippen molar-refractivity contribution in [2.75, 3.05) is 6.61 Å². The van der Waals surface area contributed by atoms with Crippen LogP contribution in [-0.2, 0) is 11.2 Å². The average molecular weight is 289 g/mol. The first-order valence-corrected chi connectivity index (χ1v) is 6.18. The van der Waals surface area contributed by atoms with Crippen LogP contribution in [0.1, 0.15) is 5.56 Å². The third kappa shape index (κ3) is 4.10. The molecule has 0 amide bonds. The van der Waals surface area contributed by atoms with Gasteiger partial charge in [-0.25, -0.2) is 4.39 Å². The van der Waals surface area contributed by atoms with Gasteiger partial charge in [-0.3, -0.25) is 14.9 Å². The smallest absolute Gasteiger partial charge is 0.310 e. The Hall–Kier alpha value is -2.76. The normalized spacial score (nSPS) is 10.1. The molecule has 0 saturated carbocycles. The van der Waals surface area contributed by atoms with Gasteiger partial charge in [-0.05, 0) is 23.8 Å². The molecule has 0 aliphatic carbocycles. The van der Waals surface area contributed by atoms with E-state index in [1.54, 1.807) is 6.07 Å². The van der Waals surface area contributed by atoms with Gasteiger partial charge < -0.3 is 4.74 Å². The van der Waals surface area contributed by atoms with E-state index in [-0.39, 0.29) is 36.1 Å². The zero-order chi connectivity index (χ0) is 15.2. The Morgan fingerprint density at radius 3 is 2.48 bits per heavy atom. The number of Topliss-reactive ketones (excluding diaryl/α,β-unsaturated/α-hetero) is 1. The van der Waals surface area contributed by atoms with Crippen LogP contribution >= 0.6 is 0 Å². The second-order valence-corrected chi connectivity index (χ2v) is 4.36. The molecule has 0 aliphatic rings. The molecule has 2 aromatic rings. The van der Waals surface area contributed by atoms with Gasteiger partial charge in [0.2, 0.25) is 0 Å². The Bertz CT molecular complexity index is 655. The largest absolute Gasteiger partial charge is 0.479 e. The van der Waals surface area contributed by atoms with Crippen molar-refractivity contribution in [2.24, 2.45) is 0 Å². The van der Waals surface area contributed by atoms with Crippen molar-refractivity contribution in [1.29, 1.82) is 0 Å². The predicted octanol–water partition coefficient (Wildman–Crippen LogP) is 2.92. The molecule has 21 heavy (non-hydrogen) atoms. The van der Waals surface area contributed by atoms with E-state index in [0.29, 0.717) is 5.56 Å². The summed E-state index contributed by atoms with van der Waals surface area (Å²) >= 11 is 0. The molecule has 108 valence electrons. The lowest BCUT2D eigenvalue weighted by molar-refractivity contribution is -0.385. The maximum absolute atomic E-state index is 12.7. The van der Waals surface area contributed by atoms with Gasteiger partial charge in [0.25, 0.3) is 0 Å². The van der Waals surface area contributed by atoms with Gasteiger partial charge in [-0.2, -0.15) is 0 Å². The molecule has 0 radical (unpaired) electrons. The number of ether oxygens (including phenoxy) is 1. The van der Waals surface area contributed by atoms with Crippen LogP contribution in [0.4, 0.5) is 10.1 Å². The van der Waals surface area contributed by atoms with Gasteiger partial charge >= 0.3 is 5.69 Å². The highest BCUT2D eigenvalue weighted by Crippen LogP contribution is 2.25. The fourth-order valence-electron chi connectivity index (χ4n) is 1.77. The van der Waals surface area contributed by atoms with Gasteiger partial charge in [0.05, 0.1) is 4.92 Å². The maximum atomic E-state index is 12.7. The molecule has 0 unspecified atom stereocenters. The molecular weight excluding hydrogens is 277 g/mol. The first-order chi connectivity index (χ1) is 10.1. The van der Waals surface area contributed by atoms with Crippen LogP contribution in [-0.4, -0.2) is 17.3 Å². The Morgan fingerprint density at radius 1 is 1.14 bits per heavy atom. The molecule has 0 atom stereocenters. The highest BCUT2D eigenvalue weighted by molar-refractivity contribution is 5.82. The van der Waals surface area contributed by atoms with E-state index >= 15 is 0 Å². The van der Waals surface area contributed by atoms with E-state index in [1.807, 2.05) is 0 Å². The molecule has 2 rings (SSSR count). The number of hydrogen-bond donors (Lipinski definition) is 0. The molecular formula is C15H12FNO4. The van der Waals surface area contributed by atoms with Crippen molar-refractivity contribution >= 4 is 11.5 Å². The summed E-state index contributed by atoms with van der Waals surface area (Å²) < 4.78 is 17.9. The van der Waals surface area contributed by atoms with Crippen molar-refractivity contribution in [3.8, 4) is 5.75 Å². The molecule has 5 nitrogen and oxygen atoms in total. The van der Waals surface area contributed by atoms with Crippen molar-refractivity contribution < 1.29 is 18.8 Å². The predicted molar refractivity (Wildman–Crippen MR) is 73.7 cm³/mol. The number of halogens is 1. The van der Waals surface area contributed by atoms with Crippen LogP contribution in [0.5, 0.6) is 5.75 Å². The molecule has 0 heterocycles. The monoisotopic (exact) mass is 289 g/mol. The number of carbonyl (C=O) groups excluding carboxylic acids is 1. The van der Waals surface area contributed by atoms with Crippen LogP contribution in [0.15, 0.2) is 48.5 Å². The van der Waals surface area contributed by atoms with E-state index in [2.05, 4.69) is 0 Å². The van der Waals surface area contributed by atoms with Gasteiger partial charge in [0.15, 0.2) is 11.5 Å². The topological polar surface area (TPSA) is 69.4 Å². The summed E-state index contributed by atoms with van der Waals surface area (Å²) in [6.07, 6.45) is 0.0842. The molecule has 0 N–H and O–H groups in total. The number of nitrogens with zero attached hydrogens (tertiary/aromatic N) is 1. The Kier molecular flexibility index (Phi) is 4.61. The van der Waals surface area contributed by atoms with Crippen LogP contribution in [0.25, 0.3) is 0 Å². The minimum absolute atomic E-state index is 0.0509. The van der Waals surface area contributed by atoms with Crippen LogP contribution < -0.4 is 4.74 Å². The molecule has 0 saturated heterocycles. The summed E-state index contributed by atoms with van der Waals surface area (Å²) in [5, 5.41) is 10.8. The van der Waals surface area contributed by atoms with E-state index in [1.165, 1.54) is 42.5 Å². The fraction of sp³-hybridized carbons (Fsp3) is 0.133. The number of rotatable bonds is 6. The third-order valence-corrected chi connectivity index (χ3v) is 2.77. The highest BCUT2D eigenvalue weighted by Gasteiger charge is 2.15. The van der Waals surface area contributed by atoms with Gasteiger partial charge in [0.1, 0.15) is 12.4 Å². The van der Waals surface area contributed by atoms with Crippen molar-refractivity contribution in [1.82, 2.24) is 0 Å². The van der Waals surface area contributed by atoms with Gasteiger partial charge in [-0.15, -0.1) is 0 Å². The van der Waals surface area contributed by atoms with Crippen LogP contribution in [0.2, 0.25) is 0 Å². The lowest BCUT2D eigenvalue weighted by Gasteiger charge is -2.06. The zero-order valence-corrected chi connectivity index (χ0v) is 11.0. The van der Waals surface area contributed by atoms with E-state index in [0.717, 1.165) is 0 Å². The Labute approximate surface area is 120 Å². The summed E-state index contributed by atoms with van der Waals surface area (Å²) in [5.41, 5.74) is 0.472. The number of ketones is 1. The van der Waals surface area contributed by atoms with E-state index in [4.69, 9.17) is 4.74 Å². The van der Waals surface area contributed by atoms with Crippen molar-refractivity contribution in [3.05, 3.63) is 70.0 Å². The van der Waals surface area contributed by atoms with Crippen LogP contribution in [0.3, 0.4) is 0 Å². The molecule has 2 aromatic carbocycles. The lowest BCUT2D eigenvalue weighted by Crippen LogP contribution is -2.14. The van der Waals surface area contributed by atoms with E-state index < -0.39 is 4.92 Å².